The van der Waals surface area contributed by atoms with Gasteiger partial charge in [0.15, 0.2) is 17.0 Å². The van der Waals surface area contributed by atoms with Crippen molar-refractivity contribution in [2.24, 2.45) is 0 Å². The number of hydrogen-bond donors (Lipinski definition) is 1. The number of alkyl halides is 3. The number of rotatable bonds is 8. The third kappa shape index (κ3) is 7.41. The highest BCUT2D eigenvalue weighted by molar-refractivity contribution is 6.35. The fourth-order valence-corrected chi connectivity index (χ4v) is 3.25. The molecule has 0 bridgehead atoms. The quantitative estimate of drug-likeness (QED) is 0.312. The summed E-state index contributed by atoms with van der Waals surface area (Å²) in [5.41, 5.74) is -1.60. The van der Waals surface area contributed by atoms with Crippen LogP contribution in [0.15, 0.2) is 60.7 Å². The standard InChI is InChI=1S/C24H16Cl2F4N2O4/c1-23(12-31,32-22(33)14-2-6-17(7-3-14)36-24(28,29)30)13-34-20-9-5-16(27)11-21(20)35-19-8-4-15(25)10-18(19)26/h2-11H,13H2,1H3,(H,32,33). The van der Waals surface area contributed by atoms with Crippen molar-refractivity contribution in [2.45, 2.75) is 18.8 Å². The van der Waals surface area contributed by atoms with Gasteiger partial charge in [-0.15, -0.1) is 13.2 Å². The van der Waals surface area contributed by atoms with E-state index in [2.05, 4.69) is 10.1 Å². The van der Waals surface area contributed by atoms with Crippen LogP contribution in [-0.2, 0) is 0 Å². The Bertz CT molecular complexity index is 1300. The number of halogens is 6. The summed E-state index contributed by atoms with van der Waals surface area (Å²) in [5.74, 6) is -1.71. The minimum atomic E-state index is -4.87. The predicted molar refractivity (Wildman–Crippen MR) is 123 cm³/mol. The Kier molecular flexibility index (Phi) is 8.17. The summed E-state index contributed by atoms with van der Waals surface area (Å²) in [6.45, 7) is 0.979. The zero-order valence-corrected chi connectivity index (χ0v) is 19.8. The summed E-state index contributed by atoms with van der Waals surface area (Å²) in [5, 5.41) is 12.6. The van der Waals surface area contributed by atoms with E-state index in [0.29, 0.717) is 5.02 Å². The number of nitrogens with one attached hydrogen (secondary N) is 1. The van der Waals surface area contributed by atoms with E-state index in [1.165, 1.54) is 31.2 Å². The van der Waals surface area contributed by atoms with Crippen LogP contribution in [0.25, 0.3) is 0 Å². The molecule has 188 valence electrons. The van der Waals surface area contributed by atoms with Crippen molar-refractivity contribution in [1.29, 1.82) is 5.26 Å². The Labute approximate surface area is 212 Å². The molecule has 0 saturated heterocycles. The summed E-state index contributed by atoms with van der Waals surface area (Å²) >= 11 is 12.0. The molecule has 3 rings (SSSR count). The predicted octanol–water partition coefficient (Wildman–Crippen LogP) is 6.91. The smallest absolute Gasteiger partial charge is 0.486 e. The van der Waals surface area contributed by atoms with E-state index in [1.54, 1.807) is 0 Å². The van der Waals surface area contributed by atoms with Gasteiger partial charge in [0, 0.05) is 16.7 Å². The lowest BCUT2D eigenvalue weighted by Gasteiger charge is -2.24. The molecule has 1 atom stereocenters. The molecule has 0 aliphatic carbocycles. The summed E-state index contributed by atoms with van der Waals surface area (Å²) in [7, 11) is 0. The molecular formula is C24H16Cl2F4N2O4. The molecule has 0 fully saturated rings. The van der Waals surface area contributed by atoms with Crippen molar-refractivity contribution in [3.63, 3.8) is 0 Å². The lowest BCUT2D eigenvalue weighted by atomic mass is 10.0. The van der Waals surface area contributed by atoms with Crippen LogP contribution in [0.1, 0.15) is 17.3 Å². The molecule has 1 unspecified atom stereocenters. The second-order valence-electron chi connectivity index (χ2n) is 7.53. The maximum atomic E-state index is 13.9. The molecule has 3 aromatic rings. The van der Waals surface area contributed by atoms with E-state index in [9.17, 15) is 27.6 Å². The number of carbonyl (C=O) groups is 1. The molecule has 12 heteroatoms. The van der Waals surface area contributed by atoms with E-state index in [0.717, 1.165) is 36.4 Å². The maximum Gasteiger partial charge on any atom is 0.573 e. The van der Waals surface area contributed by atoms with Gasteiger partial charge in [-0.1, -0.05) is 23.2 Å². The fourth-order valence-electron chi connectivity index (χ4n) is 2.81. The highest BCUT2D eigenvalue weighted by atomic mass is 35.5. The lowest BCUT2D eigenvalue weighted by molar-refractivity contribution is -0.274. The number of nitriles is 1. The minimum Gasteiger partial charge on any atom is -0.486 e. The molecule has 36 heavy (non-hydrogen) atoms. The van der Waals surface area contributed by atoms with Gasteiger partial charge in [-0.3, -0.25) is 4.79 Å². The molecular weight excluding hydrogens is 527 g/mol. The van der Waals surface area contributed by atoms with Gasteiger partial charge < -0.3 is 19.5 Å². The summed E-state index contributed by atoms with van der Waals surface area (Å²) in [4.78, 5) is 12.6. The van der Waals surface area contributed by atoms with E-state index in [1.807, 2.05) is 6.07 Å². The van der Waals surface area contributed by atoms with Crippen molar-refractivity contribution in [3.8, 4) is 29.1 Å². The van der Waals surface area contributed by atoms with Crippen molar-refractivity contribution in [1.82, 2.24) is 5.32 Å². The van der Waals surface area contributed by atoms with Crippen LogP contribution in [0.5, 0.6) is 23.0 Å². The summed E-state index contributed by atoms with van der Waals surface area (Å²) in [6.07, 6.45) is -4.87. The average Bonchev–Trinajstić information content (AvgIpc) is 2.80. The van der Waals surface area contributed by atoms with Gasteiger partial charge in [0.2, 0.25) is 0 Å². The Morgan fingerprint density at radius 3 is 2.28 bits per heavy atom. The average molecular weight is 543 g/mol. The fraction of sp³-hybridized carbons (Fsp3) is 0.167. The Balaban J connectivity index is 1.72. The Morgan fingerprint density at radius 1 is 1.00 bits per heavy atom. The molecule has 0 aliphatic heterocycles. The van der Waals surface area contributed by atoms with Crippen LogP contribution in [0, 0.1) is 17.1 Å². The number of carbonyl (C=O) groups excluding carboxylic acids is 1. The van der Waals surface area contributed by atoms with E-state index < -0.39 is 29.4 Å². The molecule has 0 radical (unpaired) electrons. The molecule has 0 saturated carbocycles. The van der Waals surface area contributed by atoms with Gasteiger partial charge in [-0.05, 0) is 61.5 Å². The van der Waals surface area contributed by atoms with Crippen LogP contribution < -0.4 is 19.5 Å². The number of hydrogen-bond acceptors (Lipinski definition) is 5. The van der Waals surface area contributed by atoms with Crippen molar-refractivity contribution in [3.05, 3.63) is 82.1 Å². The lowest BCUT2D eigenvalue weighted by Crippen LogP contribution is -2.49. The van der Waals surface area contributed by atoms with Crippen LogP contribution in [0.3, 0.4) is 0 Å². The molecule has 1 amide bonds. The Morgan fingerprint density at radius 2 is 1.67 bits per heavy atom. The number of benzene rings is 3. The zero-order chi connectivity index (χ0) is 26.5. The number of nitrogens with zero attached hydrogens (tertiary/aromatic N) is 1. The van der Waals surface area contributed by atoms with Gasteiger partial charge >= 0.3 is 6.36 Å². The van der Waals surface area contributed by atoms with E-state index >= 15 is 0 Å². The second kappa shape index (κ2) is 10.9. The second-order valence-corrected chi connectivity index (χ2v) is 8.37. The third-order valence-corrected chi connectivity index (χ3v) is 5.05. The third-order valence-electron chi connectivity index (χ3n) is 4.52. The topological polar surface area (TPSA) is 80.6 Å². The van der Waals surface area contributed by atoms with Gasteiger partial charge in [0.05, 0.1) is 11.1 Å². The molecule has 0 heterocycles. The Hall–Kier alpha value is -3.68. The molecule has 1 N–H and O–H groups in total. The first-order valence-electron chi connectivity index (χ1n) is 10.0. The highest BCUT2D eigenvalue weighted by Crippen LogP contribution is 2.37. The SMILES string of the molecule is CC(C#N)(COc1ccc(F)cc1Oc1ccc(Cl)cc1Cl)NC(=O)c1ccc(OC(F)(F)F)cc1. The van der Waals surface area contributed by atoms with Gasteiger partial charge in [0.1, 0.15) is 23.9 Å². The first-order chi connectivity index (χ1) is 16.9. The van der Waals surface area contributed by atoms with E-state index in [-0.39, 0.29) is 34.4 Å². The van der Waals surface area contributed by atoms with Crippen LogP contribution in [0.4, 0.5) is 17.6 Å². The monoisotopic (exact) mass is 542 g/mol. The number of amides is 1. The maximum absolute atomic E-state index is 13.9. The van der Waals surface area contributed by atoms with Crippen molar-refractivity contribution < 1.29 is 36.6 Å². The summed E-state index contributed by atoms with van der Waals surface area (Å²) < 4.78 is 65.9. The van der Waals surface area contributed by atoms with E-state index in [4.69, 9.17) is 32.7 Å². The normalized spacial score (nSPS) is 12.7. The first kappa shape index (κ1) is 26.9. The minimum absolute atomic E-state index is 0.0193. The van der Waals surface area contributed by atoms with Crippen LogP contribution >= 0.6 is 23.2 Å². The molecule has 0 aliphatic rings. The molecule has 0 aromatic heterocycles. The summed E-state index contributed by atoms with van der Waals surface area (Å²) in [6, 6.07) is 13.9. The molecule has 6 nitrogen and oxygen atoms in total. The van der Waals surface area contributed by atoms with Gasteiger partial charge in [0.25, 0.3) is 5.91 Å². The highest BCUT2D eigenvalue weighted by Gasteiger charge is 2.31. The largest absolute Gasteiger partial charge is 0.573 e. The van der Waals surface area contributed by atoms with Gasteiger partial charge in [-0.25, -0.2) is 4.39 Å². The van der Waals surface area contributed by atoms with Crippen molar-refractivity contribution >= 4 is 29.1 Å². The first-order valence-corrected chi connectivity index (χ1v) is 10.8. The van der Waals surface area contributed by atoms with Crippen LogP contribution in [-0.4, -0.2) is 24.4 Å². The molecule has 0 spiro atoms. The number of ether oxygens (including phenoxy) is 3. The van der Waals surface area contributed by atoms with Crippen LogP contribution in [0.2, 0.25) is 10.0 Å². The zero-order valence-electron chi connectivity index (χ0n) is 18.3. The molecule has 3 aromatic carbocycles. The van der Waals surface area contributed by atoms with Gasteiger partial charge in [-0.2, -0.15) is 5.26 Å². The van der Waals surface area contributed by atoms with Crippen molar-refractivity contribution in [2.75, 3.05) is 6.61 Å².